The van der Waals surface area contributed by atoms with E-state index < -0.39 is 5.97 Å². The highest BCUT2D eigenvalue weighted by Gasteiger charge is 2.06. The molecule has 0 unspecified atom stereocenters. The number of hydrogen-bond acceptors (Lipinski definition) is 1. The molecule has 3 aromatic rings. The van der Waals surface area contributed by atoms with Crippen LogP contribution in [0, 0.1) is 6.92 Å². The molecule has 0 aliphatic rings. The number of carboxylic acid groups (broad SMARTS) is 1. The summed E-state index contributed by atoms with van der Waals surface area (Å²) in [5.74, 6) is -0.900. The molecule has 0 amide bonds. The van der Waals surface area contributed by atoms with Crippen LogP contribution in [0.4, 0.5) is 0 Å². The average Bonchev–Trinajstić information content (AvgIpc) is 2.63. The van der Waals surface area contributed by atoms with Crippen molar-refractivity contribution in [3.05, 3.63) is 101 Å². The molecule has 0 spiro atoms. The van der Waals surface area contributed by atoms with Crippen LogP contribution in [0.1, 0.15) is 32.6 Å². The second-order valence-corrected chi connectivity index (χ2v) is 6.05. The maximum Gasteiger partial charge on any atom is 0.335 e. The fraction of sp³-hybridized carbons (Fsp3) is 0.0909. The van der Waals surface area contributed by atoms with Crippen molar-refractivity contribution in [1.82, 2.24) is 0 Å². The zero-order valence-electron chi connectivity index (χ0n) is 14.5. The molecule has 1 aromatic heterocycles. The average molecular weight is 366 g/mol. The standard InChI is InChI=1S/C22H19NO2.ClH/c1-17-5-7-18(8-6-17)9-10-19-11-13-23(14-12-19)16-20-3-2-4-21(15-20)22(24)25;/h2-15H,16H2,1H3;1H/b10-9-;. The van der Waals surface area contributed by atoms with E-state index in [2.05, 4.69) is 43.3 Å². The van der Waals surface area contributed by atoms with Crippen LogP contribution in [0.2, 0.25) is 0 Å². The van der Waals surface area contributed by atoms with E-state index in [0.717, 1.165) is 11.1 Å². The molecule has 26 heavy (non-hydrogen) atoms. The highest BCUT2D eigenvalue weighted by atomic mass is 35.5. The summed E-state index contributed by atoms with van der Waals surface area (Å²) >= 11 is 0. The topological polar surface area (TPSA) is 41.2 Å². The molecule has 0 bridgehead atoms. The molecule has 3 nitrogen and oxygen atoms in total. The molecule has 0 radical (unpaired) electrons. The molecule has 0 saturated carbocycles. The van der Waals surface area contributed by atoms with Crippen molar-refractivity contribution in [3.8, 4) is 0 Å². The van der Waals surface area contributed by atoms with E-state index in [-0.39, 0.29) is 12.4 Å². The molecule has 3 rings (SSSR count). The number of benzene rings is 2. The number of carbonyl (C=O) groups is 1. The van der Waals surface area contributed by atoms with Gasteiger partial charge in [0.15, 0.2) is 18.9 Å². The van der Waals surface area contributed by atoms with Crippen LogP contribution in [0.15, 0.2) is 73.1 Å². The van der Waals surface area contributed by atoms with Gasteiger partial charge in [-0.3, -0.25) is 0 Å². The first kappa shape index (κ1) is 19.4. The molecule has 0 saturated heterocycles. The zero-order valence-corrected chi connectivity index (χ0v) is 15.2. The zero-order chi connectivity index (χ0) is 17.6. The van der Waals surface area contributed by atoms with Gasteiger partial charge in [0.1, 0.15) is 0 Å². The van der Waals surface area contributed by atoms with Gasteiger partial charge in [0, 0.05) is 17.7 Å². The molecule has 132 valence electrons. The second kappa shape index (κ2) is 8.97. The molecule has 0 atom stereocenters. The smallest absolute Gasteiger partial charge is 0.335 e. The van der Waals surface area contributed by atoms with Gasteiger partial charge in [0.2, 0.25) is 0 Å². The number of rotatable bonds is 5. The van der Waals surface area contributed by atoms with E-state index in [4.69, 9.17) is 5.11 Å². The van der Waals surface area contributed by atoms with E-state index in [1.165, 1.54) is 11.1 Å². The first-order chi connectivity index (χ1) is 12.1. The van der Waals surface area contributed by atoms with Gasteiger partial charge in [-0.2, -0.15) is 0 Å². The monoisotopic (exact) mass is 365 g/mol. The Morgan fingerprint density at radius 3 is 2.19 bits per heavy atom. The number of carboxylic acids is 1. The summed E-state index contributed by atoms with van der Waals surface area (Å²) in [6, 6.07) is 19.5. The summed E-state index contributed by atoms with van der Waals surface area (Å²) in [7, 11) is 0. The van der Waals surface area contributed by atoms with Gasteiger partial charge in [0.25, 0.3) is 0 Å². The summed E-state index contributed by atoms with van der Waals surface area (Å²) in [6.45, 7) is 2.72. The molecule has 1 heterocycles. The normalized spacial score (nSPS) is 10.5. The lowest BCUT2D eigenvalue weighted by molar-refractivity contribution is -0.688. The van der Waals surface area contributed by atoms with Gasteiger partial charge >= 0.3 is 5.97 Å². The minimum Gasteiger partial charge on any atom is -1.00 e. The molecule has 2 aromatic carbocycles. The maximum absolute atomic E-state index is 11.0. The van der Waals surface area contributed by atoms with Gasteiger partial charge in [-0.25, -0.2) is 9.36 Å². The fourth-order valence-electron chi connectivity index (χ4n) is 2.57. The Balaban J connectivity index is 0.00000243. The van der Waals surface area contributed by atoms with Crippen molar-refractivity contribution in [2.24, 2.45) is 0 Å². The molecule has 0 aliphatic carbocycles. The largest absolute Gasteiger partial charge is 1.00 e. The lowest BCUT2D eigenvalue weighted by atomic mass is 10.1. The summed E-state index contributed by atoms with van der Waals surface area (Å²) in [6.07, 6.45) is 8.18. The Kier molecular flexibility index (Phi) is 6.70. The van der Waals surface area contributed by atoms with E-state index >= 15 is 0 Å². The number of aromatic carboxylic acids is 1. The highest BCUT2D eigenvalue weighted by molar-refractivity contribution is 5.87. The van der Waals surface area contributed by atoms with Crippen LogP contribution in [-0.2, 0) is 6.54 Å². The first-order valence-electron chi connectivity index (χ1n) is 8.16. The summed E-state index contributed by atoms with van der Waals surface area (Å²) in [5.41, 5.74) is 4.83. The number of halogens is 1. The predicted molar refractivity (Wildman–Crippen MR) is 99.2 cm³/mol. The van der Waals surface area contributed by atoms with Crippen molar-refractivity contribution in [1.29, 1.82) is 0 Å². The molecule has 4 heteroatoms. The number of aryl methyl sites for hydroxylation is 1. The van der Waals surface area contributed by atoms with E-state index in [0.29, 0.717) is 12.1 Å². The SMILES string of the molecule is Cc1ccc(/C=C\c2cc[n+](Cc3cccc(C(=O)O)c3)cc2)cc1.[Cl-]. The van der Waals surface area contributed by atoms with Crippen molar-refractivity contribution in [2.45, 2.75) is 13.5 Å². The van der Waals surface area contributed by atoms with Crippen LogP contribution in [0.3, 0.4) is 0 Å². The van der Waals surface area contributed by atoms with Crippen molar-refractivity contribution < 1.29 is 26.9 Å². The summed E-state index contributed by atoms with van der Waals surface area (Å²) < 4.78 is 2.03. The van der Waals surface area contributed by atoms with E-state index in [1.807, 2.05) is 35.2 Å². The molecule has 0 fully saturated rings. The minimum atomic E-state index is -0.900. The maximum atomic E-state index is 11.0. The van der Waals surface area contributed by atoms with E-state index in [9.17, 15) is 4.79 Å². The number of aromatic nitrogens is 1. The van der Waals surface area contributed by atoms with E-state index in [1.54, 1.807) is 18.2 Å². The molecular formula is C22H20ClNO2. The van der Waals surface area contributed by atoms with Gasteiger partial charge in [-0.05, 0) is 30.2 Å². The second-order valence-electron chi connectivity index (χ2n) is 6.05. The molecular weight excluding hydrogens is 346 g/mol. The van der Waals surface area contributed by atoms with Crippen LogP contribution in [-0.4, -0.2) is 11.1 Å². The van der Waals surface area contributed by atoms with Crippen LogP contribution in [0.5, 0.6) is 0 Å². The number of nitrogens with zero attached hydrogens (tertiary/aromatic N) is 1. The third kappa shape index (κ3) is 5.30. The van der Waals surface area contributed by atoms with Gasteiger partial charge < -0.3 is 17.5 Å². The number of hydrogen-bond donors (Lipinski definition) is 1. The third-order valence-electron chi connectivity index (χ3n) is 4.00. The van der Waals surface area contributed by atoms with Crippen LogP contribution in [0.25, 0.3) is 12.2 Å². The predicted octanol–water partition coefficient (Wildman–Crippen LogP) is 1.20. The van der Waals surface area contributed by atoms with Crippen LogP contribution < -0.4 is 17.0 Å². The quantitative estimate of drug-likeness (QED) is 0.690. The Hall–Kier alpha value is -2.91. The van der Waals surface area contributed by atoms with Crippen molar-refractivity contribution >= 4 is 18.1 Å². The molecule has 1 N–H and O–H groups in total. The van der Waals surface area contributed by atoms with Gasteiger partial charge in [-0.1, -0.05) is 54.1 Å². The van der Waals surface area contributed by atoms with Gasteiger partial charge in [-0.15, -0.1) is 0 Å². The van der Waals surface area contributed by atoms with Crippen molar-refractivity contribution in [2.75, 3.05) is 0 Å². The summed E-state index contributed by atoms with van der Waals surface area (Å²) in [5, 5.41) is 9.07. The lowest BCUT2D eigenvalue weighted by Crippen LogP contribution is -3.00. The lowest BCUT2D eigenvalue weighted by Gasteiger charge is -2.00. The number of pyridine rings is 1. The Morgan fingerprint density at radius 2 is 1.58 bits per heavy atom. The first-order valence-corrected chi connectivity index (χ1v) is 8.16. The summed E-state index contributed by atoms with van der Waals surface area (Å²) in [4.78, 5) is 11.0. The third-order valence-corrected chi connectivity index (χ3v) is 4.00. The Labute approximate surface area is 159 Å². The van der Waals surface area contributed by atoms with Crippen molar-refractivity contribution in [3.63, 3.8) is 0 Å². The Bertz CT molecular complexity index is 900. The minimum absolute atomic E-state index is 0. The highest BCUT2D eigenvalue weighted by Crippen LogP contribution is 2.09. The molecule has 0 aliphatic heterocycles. The van der Waals surface area contributed by atoms with Crippen LogP contribution >= 0.6 is 0 Å². The van der Waals surface area contributed by atoms with Gasteiger partial charge in [0.05, 0.1) is 5.56 Å². The Morgan fingerprint density at radius 1 is 0.962 bits per heavy atom. The fourth-order valence-corrected chi connectivity index (χ4v) is 2.57.